The average Bonchev–Trinajstić information content (AvgIpc) is 3.10. The summed E-state index contributed by atoms with van der Waals surface area (Å²) in [5.74, 6) is 0.435. The Hall–Kier alpha value is -2.76. The number of fused-ring (bicyclic) bond motifs is 1. The number of amides is 1. The third-order valence-electron chi connectivity index (χ3n) is 4.57. The lowest BCUT2D eigenvalue weighted by atomic mass is 9.91. The van der Waals surface area contributed by atoms with Crippen LogP contribution in [0.25, 0.3) is 11.0 Å². The van der Waals surface area contributed by atoms with Gasteiger partial charge in [0.1, 0.15) is 11.3 Å². The number of hydrogen-bond acceptors (Lipinski definition) is 4. The van der Waals surface area contributed by atoms with Crippen LogP contribution in [0, 0.1) is 5.92 Å². The number of pyridine rings is 1. The summed E-state index contributed by atoms with van der Waals surface area (Å²) in [6, 6.07) is 4.22. The molecule has 1 fully saturated rings. The van der Waals surface area contributed by atoms with E-state index in [9.17, 15) is 4.79 Å². The van der Waals surface area contributed by atoms with Crippen LogP contribution in [0.4, 0.5) is 0 Å². The molecule has 1 amide bonds. The van der Waals surface area contributed by atoms with E-state index >= 15 is 0 Å². The summed E-state index contributed by atoms with van der Waals surface area (Å²) >= 11 is 0. The Labute approximate surface area is 140 Å². The first-order valence-electron chi connectivity index (χ1n) is 8.27. The zero-order chi connectivity index (χ0) is 16.4. The summed E-state index contributed by atoms with van der Waals surface area (Å²) in [5.41, 5.74) is 2.57. The molecule has 1 atom stereocenters. The molecule has 1 aliphatic heterocycles. The van der Waals surface area contributed by atoms with Crippen LogP contribution in [0.5, 0.6) is 0 Å². The van der Waals surface area contributed by atoms with Crippen LogP contribution in [-0.2, 0) is 6.42 Å². The lowest BCUT2D eigenvalue weighted by molar-refractivity contribution is 0.0667. The zero-order valence-electron chi connectivity index (χ0n) is 13.4. The maximum absolute atomic E-state index is 12.5. The SMILES string of the molecule is O=C(c1cnccn1)N1CCC[C@H](Cc2cnc3[nH]ccc3c2)C1. The van der Waals surface area contributed by atoms with Gasteiger partial charge in [-0.2, -0.15) is 0 Å². The lowest BCUT2D eigenvalue weighted by Crippen LogP contribution is -2.40. The van der Waals surface area contributed by atoms with Crippen molar-refractivity contribution in [3.63, 3.8) is 0 Å². The minimum absolute atomic E-state index is 0.0213. The first-order valence-corrected chi connectivity index (χ1v) is 8.27. The predicted octanol–water partition coefficient (Wildman–Crippen LogP) is 2.45. The van der Waals surface area contributed by atoms with Gasteiger partial charge in [0, 0.05) is 43.3 Å². The molecule has 1 N–H and O–H groups in total. The molecule has 1 saturated heterocycles. The van der Waals surface area contributed by atoms with Crippen molar-refractivity contribution in [1.82, 2.24) is 24.8 Å². The summed E-state index contributed by atoms with van der Waals surface area (Å²) in [4.78, 5) is 30.1. The van der Waals surface area contributed by atoms with Gasteiger partial charge in [0.15, 0.2) is 0 Å². The normalized spacial score (nSPS) is 18.0. The smallest absolute Gasteiger partial charge is 0.274 e. The molecular formula is C18H19N5O. The van der Waals surface area contributed by atoms with Gasteiger partial charge in [-0.05, 0) is 42.9 Å². The first kappa shape index (κ1) is 14.8. The van der Waals surface area contributed by atoms with Crippen LogP contribution in [0.3, 0.4) is 0 Å². The number of piperidine rings is 1. The number of hydrogen-bond donors (Lipinski definition) is 1. The molecule has 4 rings (SSSR count). The number of rotatable bonds is 3. The lowest BCUT2D eigenvalue weighted by Gasteiger charge is -2.32. The molecule has 0 unspecified atom stereocenters. The second-order valence-corrected chi connectivity index (χ2v) is 6.31. The molecule has 0 aromatic carbocycles. The van der Waals surface area contributed by atoms with Crippen molar-refractivity contribution in [1.29, 1.82) is 0 Å². The molecule has 6 nitrogen and oxygen atoms in total. The highest BCUT2D eigenvalue weighted by molar-refractivity contribution is 5.92. The van der Waals surface area contributed by atoms with Crippen molar-refractivity contribution in [3.8, 4) is 0 Å². The molecule has 0 spiro atoms. The Morgan fingerprint density at radius 3 is 3.12 bits per heavy atom. The molecule has 3 aromatic heterocycles. The summed E-state index contributed by atoms with van der Waals surface area (Å²) in [5, 5.41) is 1.14. The van der Waals surface area contributed by atoms with Gasteiger partial charge in [-0.3, -0.25) is 9.78 Å². The van der Waals surface area contributed by atoms with Crippen LogP contribution in [0.15, 0.2) is 43.1 Å². The number of carbonyl (C=O) groups excluding carboxylic acids is 1. The van der Waals surface area contributed by atoms with Gasteiger partial charge in [0.25, 0.3) is 5.91 Å². The molecule has 1 aliphatic rings. The van der Waals surface area contributed by atoms with Crippen LogP contribution in [0.2, 0.25) is 0 Å². The van der Waals surface area contributed by atoms with Crippen molar-refractivity contribution >= 4 is 16.9 Å². The van der Waals surface area contributed by atoms with Gasteiger partial charge in [-0.25, -0.2) is 9.97 Å². The average molecular weight is 321 g/mol. The first-order chi connectivity index (χ1) is 11.8. The molecular weight excluding hydrogens is 302 g/mol. The highest BCUT2D eigenvalue weighted by atomic mass is 16.2. The van der Waals surface area contributed by atoms with E-state index in [-0.39, 0.29) is 5.91 Å². The van der Waals surface area contributed by atoms with Crippen LogP contribution < -0.4 is 0 Å². The van der Waals surface area contributed by atoms with Gasteiger partial charge in [-0.15, -0.1) is 0 Å². The molecule has 4 heterocycles. The van der Waals surface area contributed by atoms with Gasteiger partial charge >= 0.3 is 0 Å². The topological polar surface area (TPSA) is 74.8 Å². The van der Waals surface area contributed by atoms with Crippen LogP contribution in [0.1, 0.15) is 28.9 Å². The predicted molar refractivity (Wildman–Crippen MR) is 90.5 cm³/mol. The molecule has 122 valence electrons. The Kier molecular flexibility index (Phi) is 3.94. The van der Waals surface area contributed by atoms with E-state index in [4.69, 9.17) is 0 Å². The fourth-order valence-electron chi connectivity index (χ4n) is 3.42. The number of likely N-dealkylation sites (tertiary alicyclic amines) is 1. The van der Waals surface area contributed by atoms with Gasteiger partial charge in [0.05, 0.1) is 6.20 Å². The number of nitrogens with one attached hydrogen (secondary N) is 1. The van der Waals surface area contributed by atoms with Gasteiger partial charge in [-0.1, -0.05) is 0 Å². The van der Waals surface area contributed by atoms with E-state index in [1.807, 2.05) is 23.4 Å². The van der Waals surface area contributed by atoms with Crippen molar-refractivity contribution < 1.29 is 4.79 Å². The standard InChI is InChI=1S/C18H19N5O/c24-18(16-11-19-5-6-20-16)23-7-1-2-13(12-23)8-14-9-15-3-4-21-17(15)22-10-14/h3-6,9-11,13H,1-2,7-8,12H2,(H,21,22)/t13-/m1/s1. The number of H-pyrrole nitrogens is 1. The van der Waals surface area contributed by atoms with Crippen molar-refractivity contribution in [2.45, 2.75) is 19.3 Å². The zero-order valence-corrected chi connectivity index (χ0v) is 13.4. The van der Waals surface area contributed by atoms with E-state index in [0.29, 0.717) is 11.6 Å². The third-order valence-corrected chi connectivity index (χ3v) is 4.57. The Morgan fingerprint density at radius 1 is 1.29 bits per heavy atom. The van der Waals surface area contributed by atoms with E-state index in [0.717, 1.165) is 43.4 Å². The molecule has 0 aliphatic carbocycles. The van der Waals surface area contributed by atoms with E-state index < -0.39 is 0 Å². The summed E-state index contributed by atoms with van der Waals surface area (Å²) in [6.07, 6.45) is 11.6. The largest absolute Gasteiger partial charge is 0.346 e. The van der Waals surface area contributed by atoms with Gasteiger partial charge in [0.2, 0.25) is 0 Å². The van der Waals surface area contributed by atoms with Gasteiger partial charge < -0.3 is 9.88 Å². The highest BCUT2D eigenvalue weighted by Gasteiger charge is 2.25. The van der Waals surface area contributed by atoms with Crippen molar-refractivity contribution in [2.75, 3.05) is 13.1 Å². The highest BCUT2D eigenvalue weighted by Crippen LogP contribution is 2.23. The van der Waals surface area contributed by atoms with E-state index in [2.05, 4.69) is 26.0 Å². The Balaban J connectivity index is 1.45. The maximum atomic E-state index is 12.5. The summed E-state index contributed by atoms with van der Waals surface area (Å²) in [7, 11) is 0. The van der Waals surface area contributed by atoms with Crippen molar-refractivity contribution in [2.24, 2.45) is 5.92 Å². The molecule has 6 heteroatoms. The van der Waals surface area contributed by atoms with E-state index in [1.165, 1.54) is 11.8 Å². The molecule has 3 aromatic rings. The summed E-state index contributed by atoms with van der Waals surface area (Å²) in [6.45, 7) is 1.56. The second kappa shape index (κ2) is 6.39. The molecule has 24 heavy (non-hydrogen) atoms. The number of aromatic amines is 1. The fourth-order valence-corrected chi connectivity index (χ4v) is 3.42. The monoisotopic (exact) mass is 321 g/mol. The van der Waals surface area contributed by atoms with Crippen LogP contribution >= 0.6 is 0 Å². The minimum Gasteiger partial charge on any atom is -0.346 e. The molecule has 0 bridgehead atoms. The summed E-state index contributed by atoms with van der Waals surface area (Å²) < 4.78 is 0. The second-order valence-electron chi connectivity index (χ2n) is 6.31. The Morgan fingerprint density at radius 2 is 2.25 bits per heavy atom. The number of carbonyl (C=O) groups is 1. The van der Waals surface area contributed by atoms with E-state index in [1.54, 1.807) is 12.4 Å². The fraction of sp³-hybridized carbons (Fsp3) is 0.333. The number of aromatic nitrogens is 4. The van der Waals surface area contributed by atoms with Crippen LogP contribution in [-0.4, -0.2) is 43.8 Å². The van der Waals surface area contributed by atoms with Crippen molar-refractivity contribution in [3.05, 3.63) is 54.4 Å². The maximum Gasteiger partial charge on any atom is 0.274 e. The Bertz CT molecular complexity index is 845. The minimum atomic E-state index is -0.0213. The third kappa shape index (κ3) is 2.99. The number of nitrogens with zero attached hydrogens (tertiary/aromatic N) is 4. The molecule has 0 saturated carbocycles. The molecule has 0 radical (unpaired) electrons. The quantitative estimate of drug-likeness (QED) is 0.804.